The molecule has 10 heteroatoms. The highest BCUT2D eigenvalue weighted by Crippen LogP contribution is 2.37. The maximum absolute atomic E-state index is 14.1. The number of anilines is 1. The van der Waals surface area contributed by atoms with Crippen LogP contribution in [-0.4, -0.2) is 39.7 Å². The lowest BCUT2D eigenvalue weighted by molar-refractivity contribution is 0.209. The monoisotopic (exact) mass is 602 g/mol. The second kappa shape index (κ2) is 15.9. The summed E-state index contributed by atoms with van der Waals surface area (Å²) in [6.07, 6.45) is 8.27. The highest BCUT2D eigenvalue weighted by Gasteiger charge is 2.17. The van der Waals surface area contributed by atoms with Gasteiger partial charge in [-0.1, -0.05) is 62.9 Å². The number of rotatable bonds is 16. The Morgan fingerprint density at radius 1 is 0.950 bits per heavy atom. The third kappa shape index (κ3) is 8.91. The summed E-state index contributed by atoms with van der Waals surface area (Å²) in [5, 5.41) is 7.69. The van der Waals surface area contributed by atoms with Crippen LogP contribution in [0.25, 0.3) is 21.1 Å². The van der Waals surface area contributed by atoms with Gasteiger partial charge in [-0.25, -0.2) is 18.6 Å². The number of carbonyl (C=O) groups is 1. The molecule has 4 rings (SSSR count). The molecular formula is C30H36F2N4OS3. The molecule has 0 aliphatic rings. The first-order valence-corrected chi connectivity index (χ1v) is 16.6. The number of hydrogen-bond acceptors (Lipinski definition) is 5. The first-order chi connectivity index (χ1) is 19.5. The number of thioether (sulfide) groups is 1. The Kier molecular flexibility index (Phi) is 12.1. The second-order valence-electron chi connectivity index (χ2n) is 9.58. The summed E-state index contributed by atoms with van der Waals surface area (Å²) in [7, 11) is 0. The fourth-order valence-electron chi connectivity index (χ4n) is 4.37. The van der Waals surface area contributed by atoms with E-state index >= 15 is 0 Å². The number of imidazole rings is 1. The van der Waals surface area contributed by atoms with Crippen LogP contribution >= 0.6 is 34.4 Å². The van der Waals surface area contributed by atoms with E-state index in [2.05, 4.69) is 46.2 Å². The molecule has 0 atom stereocenters. The van der Waals surface area contributed by atoms with E-state index in [1.54, 1.807) is 39.3 Å². The minimum absolute atomic E-state index is 0.000987. The second-order valence-corrected chi connectivity index (χ2v) is 12.6. The number of carbonyl (C=O) groups excluding carboxylic acids is 1. The standard InChI is InChI=1S/C30H36F2N4OS3/c1-2-3-4-5-7-16-36(30(37)33-24-15-14-22(31)21-23(24)32)17-8-6-9-18-40-29-34-27(25-12-10-19-38-25)28(35-29)26-13-11-20-39-26/h10-15,19-21H,2-9,16-18H2,1H3,(H,33,37)(H,34,35). The van der Waals surface area contributed by atoms with Crippen LogP contribution in [0.5, 0.6) is 0 Å². The van der Waals surface area contributed by atoms with Crippen LogP contribution in [0, 0.1) is 11.6 Å². The quantitative estimate of drug-likeness (QED) is 0.0991. The number of nitrogens with one attached hydrogen (secondary N) is 2. The predicted molar refractivity (Wildman–Crippen MR) is 165 cm³/mol. The lowest BCUT2D eigenvalue weighted by Crippen LogP contribution is -2.36. The summed E-state index contributed by atoms with van der Waals surface area (Å²) >= 11 is 5.11. The molecular weight excluding hydrogens is 567 g/mol. The third-order valence-electron chi connectivity index (χ3n) is 6.51. The Balaban J connectivity index is 1.26. The molecule has 2 amide bonds. The summed E-state index contributed by atoms with van der Waals surface area (Å²) in [5.41, 5.74) is 2.07. The highest BCUT2D eigenvalue weighted by atomic mass is 32.2. The Morgan fingerprint density at radius 3 is 2.33 bits per heavy atom. The minimum Gasteiger partial charge on any atom is -0.332 e. The van der Waals surface area contributed by atoms with Gasteiger partial charge in [0.2, 0.25) is 0 Å². The molecule has 40 heavy (non-hydrogen) atoms. The lowest BCUT2D eigenvalue weighted by atomic mass is 10.1. The predicted octanol–water partition coefficient (Wildman–Crippen LogP) is 9.91. The number of aromatic nitrogens is 2. The van der Waals surface area contributed by atoms with Crippen LogP contribution < -0.4 is 5.32 Å². The fourth-order valence-corrected chi connectivity index (χ4v) is 6.69. The molecule has 0 spiro atoms. The zero-order chi connectivity index (χ0) is 28.2. The molecule has 1 aromatic carbocycles. The van der Waals surface area contributed by atoms with Crippen molar-refractivity contribution in [1.82, 2.24) is 14.9 Å². The third-order valence-corrected chi connectivity index (χ3v) is 9.23. The maximum Gasteiger partial charge on any atom is 0.321 e. The van der Waals surface area contributed by atoms with Gasteiger partial charge >= 0.3 is 6.03 Å². The number of halogens is 2. The number of thiophene rings is 2. The first kappa shape index (κ1) is 30.3. The number of nitrogens with zero attached hydrogens (tertiary/aromatic N) is 2. The molecule has 0 aliphatic carbocycles. The molecule has 0 unspecified atom stereocenters. The summed E-state index contributed by atoms with van der Waals surface area (Å²) < 4.78 is 27.4. The Hall–Kier alpha value is -2.69. The molecule has 3 heterocycles. The smallest absolute Gasteiger partial charge is 0.321 e. The zero-order valence-corrected chi connectivity index (χ0v) is 25.2. The number of amides is 2. The number of H-pyrrole nitrogens is 1. The molecule has 0 radical (unpaired) electrons. The van der Waals surface area contributed by atoms with Crippen LogP contribution in [0.15, 0.2) is 58.4 Å². The molecule has 0 fully saturated rings. The normalized spacial score (nSPS) is 11.2. The molecule has 3 aromatic heterocycles. The van der Waals surface area contributed by atoms with Gasteiger partial charge in [-0.05, 0) is 54.3 Å². The van der Waals surface area contributed by atoms with Crippen LogP contribution in [-0.2, 0) is 0 Å². The van der Waals surface area contributed by atoms with Crippen molar-refractivity contribution >= 4 is 46.2 Å². The van der Waals surface area contributed by atoms with Crippen molar-refractivity contribution in [3.63, 3.8) is 0 Å². The van der Waals surface area contributed by atoms with Crippen LogP contribution in [0.2, 0.25) is 0 Å². The largest absolute Gasteiger partial charge is 0.332 e. The maximum atomic E-state index is 14.1. The van der Waals surface area contributed by atoms with Crippen molar-refractivity contribution in [3.05, 3.63) is 64.9 Å². The number of urea groups is 1. The van der Waals surface area contributed by atoms with Crippen LogP contribution in [0.3, 0.4) is 0 Å². The van der Waals surface area contributed by atoms with E-state index in [4.69, 9.17) is 4.98 Å². The number of aromatic amines is 1. The van der Waals surface area contributed by atoms with E-state index in [1.807, 2.05) is 6.07 Å². The van der Waals surface area contributed by atoms with Gasteiger partial charge in [0.05, 0.1) is 21.1 Å². The van der Waals surface area contributed by atoms with Gasteiger partial charge in [0.1, 0.15) is 17.3 Å². The van der Waals surface area contributed by atoms with Crippen molar-refractivity contribution < 1.29 is 13.6 Å². The highest BCUT2D eigenvalue weighted by molar-refractivity contribution is 7.99. The number of hydrogen-bond donors (Lipinski definition) is 2. The Bertz CT molecular complexity index is 1260. The van der Waals surface area contributed by atoms with Gasteiger partial charge in [0.25, 0.3) is 0 Å². The van der Waals surface area contributed by atoms with E-state index in [0.29, 0.717) is 13.1 Å². The van der Waals surface area contributed by atoms with Gasteiger partial charge in [-0.2, -0.15) is 0 Å². The summed E-state index contributed by atoms with van der Waals surface area (Å²) in [4.78, 5) is 25.4. The van der Waals surface area contributed by atoms with Crippen molar-refractivity contribution in [3.8, 4) is 21.1 Å². The Labute approximate surface area is 247 Å². The lowest BCUT2D eigenvalue weighted by Gasteiger charge is -2.23. The van der Waals surface area contributed by atoms with Crippen LogP contribution in [0.4, 0.5) is 19.3 Å². The fraction of sp³-hybridized carbons (Fsp3) is 0.400. The summed E-state index contributed by atoms with van der Waals surface area (Å²) in [6.45, 7) is 3.39. The van der Waals surface area contributed by atoms with Gasteiger partial charge in [-0.3, -0.25) is 0 Å². The van der Waals surface area contributed by atoms with E-state index in [9.17, 15) is 13.6 Å². The van der Waals surface area contributed by atoms with E-state index in [-0.39, 0.29) is 11.7 Å². The van der Waals surface area contributed by atoms with Crippen molar-refractivity contribution in [1.29, 1.82) is 0 Å². The SMILES string of the molecule is CCCCCCCN(CCCCCSc1nc(-c2cccs2)c(-c2cccs2)[nH]1)C(=O)Nc1ccc(F)cc1F. The van der Waals surface area contributed by atoms with Gasteiger partial charge in [0.15, 0.2) is 5.16 Å². The number of benzene rings is 1. The summed E-state index contributed by atoms with van der Waals surface area (Å²) in [5.74, 6) is -0.512. The van der Waals surface area contributed by atoms with Crippen molar-refractivity contribution in [2.24, 2.45) is 0 Å². The average molecular weight is 603 g/mol. The molecule has 2 N–H and O–H groups in total. The van der Waals surface area contributed by atoms with E-state index < -0.39 is 11.6 Å². The first-order valence-electron chi connectivity index (χ1n) is 13.9. The van der Waals surface area contributed by atoms with E-state index in [1.165, 1.54) is 17.4 Å². The number of unbranched alkanes of at least 4 members (excludes halogenated alkanes) is 6. The molecule has 4 aromatic rings. The molecule has 0 saturated carbocycles. The van der Waals surface area contributed by atoms with Crippen molar-refractivity contribution in [2.45, 2.75) is 63.4 Å². The molecule has 214 valence electrons. The topological polar surface area (TPSA) is 61.0 Å². The van der Waals surface area contributed by atoms with Gasteiger partial charge < -0.3 is 15.2 Å². The van der Waals surface area contributed by atoms with E-state index in [0.717, 1.165) is 84.3 Å². The van der Waals surface area contributed by atoms with Gasteiger partial charge in [0, 0.05) is 24.9 Å². The zero-order valence-electron chi connectivity index (χ0n) is 22.8. The summed E-state index contributed by atoms with van der Waals surface area (Å²) in [6, 6.07) is 11.2. The minimum atomic E-state index is -0.768. The van der Waals surface area contributed by atoms with Crippen LogP contribution in [0.1, 0.15) is 58.3 Å². The average Bonchev–Trinajstić information content (AvgIpc) is 3.72. The molecule has 0 aliphatic heterocycles. The molecule has 0 bridgehead atoms. The van der Waals surface area contributed by atoms with Crippen molar-refractivity contribution in [2.75, 3.05) is 24.2 Å². The molecule has 5 nitrogen and oxygen atoms in total. The molecule has 0 saturated heterocycles. The Morgan fingerprint density at radius 2 is 1.65 bits per heavy atom. The van der Waals surface area contributed by atoms with Gasteiger partial charge in [-0.15, -0.1) is 22.7 Å².